The summed E-state index contributed by atoms with van der Waals surface area (Å²) >= 11 is 6.39. The topological polar surface area (TPSA) is 44.8 Å². The van der Waals surface area contributed by atoms with Crippen LogP contribution in [-0.4, -0.2) is 39.8 Å². The van der Waals surface area contributed by atoms with Gasteiger partial charge in [0.15, 0.2) is 5.82 Å². The van der Waals surface area contributed by atoms with Crippen molar-refractivity contribution in [2.24, 2.45) is 0 Å². The van der Waals surface area contributed by atoms with Crippen LogP contribution < -0.4 is 4.90 Å². The van der Waals surface area contributed by atoms with Gasteiger partial charge in [0, 0.05) is 47.4 Å². The minimum Gasteiger partial charge on any atom is -0.353 e. The van der Waals surface area contributed by atoms with Crippen LogP contribution in [0.4, 0.5) is 5.82 Å². The Kier molecular flexibility index (Phi) is 4.49. The summed E-state index contributed by atoms with van der Waals surface area (Å²) in [6, 6.07) is 12.3. The first kappa shape index (κ1) is 15.6. The molecule has 1 aromatic carbocycles. The Morgan fingerprint density at radius 1 is 0.958 bits per heavy atom. The summed E-state index contributed by atoms with van der Waals surface area (Å²) in [5, 5.41) is 7.93. The Bertz CT molecular complexity index is 809. The van der Waals surface area contributed by atoms with Crippen molar-refractivity contribution in [3.05, 3.63) is 48.8 Å². The normalized spacial score (nSPS) is 14.8. The van der Waals surface area contributed by atoms with Crippen LogP contribution in [0.2, 0.25) is 0 Å². The van der Waals surface area contributed by atoms with E-state index < -0.39 is 0 Å². The highest BCUT2D eigenvalue weighted by atomic mass is 32.2. The third kappa shape index (κ3) is 3.03. The first-order valence-corrected chi connectivity index (χ1v) is 9.54. The molecule has 0 unspecified atom stereocenters. The lowest BCUT2D eigenvalue weighted by molar-refractivity contribution is 0.834. The van der Waals surface area contributed by atoms with Gasteiger partial charge in [0.05, 0.1) is 11.3 Å². The second kappa shape index (κ2) is 6.91. The van der Waals surface area contributed by atoms with Crippen molar-refractivity contribution in [3.63, 3.8) is 0 Å². The second-order valence-electron chi connectivity index (χ2n) is 5.68. The van der Waals surface area contributed by atoms with E-state index in [1.54, 1.807) is 0 Å². The molecule has 3 heterocycles. The van der Waals surface area contributed by atoms with Crippen LogP contribution >= 0.6 is 24.4 Å². The number of hydrogen-bond acceptors (Lipinski definition) is 5. The molecule has 2 aromatic heterocycles. The molecule has 6 heteroatoms. The number of anilines is 1. The van der Waals surface area contributed by atoms with Crippen LogP contribution in [0.1, 0.15) is 0 Å². The fraction of sp³-hybridized carbons (Fsp3) is 0.222. The van der Waals surface area contributed by atoms with Gasteiger partial charge in [-0.25, -0.2) is 0 Å². The van der Waals surface area contributed by atoms with E-state index in [1.807, 2.05) is 48.4 Å². The van der Waals surface area contributed by atoms with Crippen molar-refractivity contribution in [3.8, 4) is 22.4 Å². The third-order valence-corrected chi connectivity index (χ3v) is 5.42. The van der Waals surface area contributed by atoms with Crippen molar-refractivity contribution >= 4 is 30.2 Å². The molecule has 0 aliphatic carbocycles. The van der Waals surface area contributed by atoms with Crippen LogP contribution in [0.15, 0.2) is 53.7 Å². The molecule has 0 atom stereocenters. The minimum atomic E-state index is 0.956. The monoisotopic (exact) mass is 354 g/mol. The Balaban J connectivity index is 1.84. The summed E-state index contributed by atoms with van der Waals surface area (Å²) in [5.74, 6) is 3.32. The Labute approximate surface area is 151 Å². The molecule has 0 spiro atoms. The van der Waals surface area contributed by atoms with Gasteiger partial charge in [0.2, 0.25) is 0 Å². The van der Waals surface area contributed by atoms with E-state index in [-0.39, 0.29) is 0 Å². The van der Waals surface area contributed by atoms with Crippen LogP contribution in [0, 0.1) is 0 Å². The van der Waals surface area contributed by atoms with Crippen LogP contribution in [0.3, 0.4) is 0 Å². The molecular formula is C18H18N4S2. The summed E-state index contributed by atoms with van der Waals surface area (Å²) < 4.78 is 0. The van der Waals surface area contributed by atoms with Gasteiger partial charge in [-0.05, 0) is 29.8 Å². The van der Waals surface area contributed by atoms with Gasteiger partial charge in [0.25, 0.3) is 0 Å². The third-order valence-electron chi connectivity index (χ3n) is 4.18. The minimum absolute atomic E-state index is 0.956. The molecule has 4 nitrogen and oxygen atoms in total. The van der Waals surface area contributed by atoms with Gasteiger partial charge in [-0.3, -0.25) is 10.1 Å². The smallest absolute Gasteiger partial charge is 0.159 e. The number of nitrogens with one attached hydrogen (secondary N) is 1. The van der Waals surface area contributed by atoms with E-state index in [0.717, 1.165) is 57.7 Å². The molecule has 0 amide bonds. The number of H-pyrrole nitrogens is 1. The number of nitrogens with zero attached hydrogens (tertiary/aromatic N) is 3. The van der Waals surface area contributed by atoms with E-state index in [4.69, 9.17) is 0 Å². The van der Waals surface area contributed by atoms with Gasteiger partial charge in [-0.15, -0.1) is 12.6 Å². The van der Waals surface area contributed by atoms with Crippen LogP contribution in [0.25, 0.3) is 22.4 Å². The SMILES string of the molecule is Sc1ccc(-c2[nH]nc(N3CCSCC3)c2-c2ccncc2)cc1. The fourth-order valence-electron chi connectivity index (χ4n) is 2.97. The van der Waals surface area contributed by atoms with E-state index in [2.05, 4.69) is 44.8 Å². The van der Waals surface area contributed by atoms with Gasteiger partial charge in [0.1, 0.15) is 0 Å². The summed E-state index contributed by atoms with van der Waals surface area (Å²) in [6.07, 6.45) is 3.66. The molecule has 1 fully saturated rings. The van der Waals surface area contributed by atoms with Gasteiger partial charge in [-0.2, -0.15) is 16.9 Å². The summed E-state index contributed by atoms with van der Waals surface area (Å²) in [5.41, 5.74) is 4.45. The van der Waals surface area contributed by atoms with Crippen molar-refractivity contribution in [2.75, 3.05) is 29.5 Å². The summed E-state index contributed by atoms with van der Waals surface area (Å²) in [4.78, 5) is 7.48. The van der Waals surface area contributed by atoms with Gasteiger partial charge in [-0.1, -0.05) is 12.1 Å². The fourth-order valence-corrected chi connectivity index (χ4v) is 4.02. The van der Waals surface area contributed by atoms with Crippen LogP contribution in [-0.2, 0) is 0 Å². The van der Waals surface area contributed by atoms with E-state index in [1.165, 1.54) is 0 Å². The molecule has 3 aromatic rings. The lowest BCUT2D eigenvalue weighted by atomic mass is 10.0. The number of aromatic amines is 1. The predicted molar refractivity (Wildman–Crippen MR) is 104 cm³/mol. The summed E-state index contributed by atoms with van der Waals surface area (Å²) in [7, 11) is 0. The molecular weight excluding hydrogens is 336 g/mol. The largest absolute Gasteiger partial charge is 0.353 e. The quantitative estimate of drug-likeness (QED) is 0.698. The molecule has 1 aliphatic rings. The standard InChI is InChI=1S/C18H18N4S2/c23-15-3-1-14(2-4-15)17-16(13-5-7-19-8-6-13)18(21-20-17)22-9-11-24-12-10-22/h1-8,23H,9-12H2,(H,20,21). The Morgan fingerprint density at radius 2 is 1.67 bits per heavy atom. The van der Waals surface area contributed by atoms with Crippen molar-refractivity contribution < 1.29 is 0 Å². The van der Waals surface area contributed by atoms with Gasteiger partial charge < -0.3 is 4.90 Å². The highest BCUT2D eigenvalue weighted by molar-refractivity contribution is 7.99. The predicted octanol–water partition coefficient (Wildman–Crippen LogP) is 3.98. The molecule has 0 bridgehead atoms. The van der Waals surface area contributed by atoms with Crippen molar-refractivity contribution in [1.29, 1.82) is 0 Å². The highest BCUT2D eigenvalue weighted by Gasteiger charge is 2.22. The number of rotatable bonds is 3. The van der Waals surface area contributed by atoms with E-state index >= 15 is 0 Å². The highest BCUT2D eigenvalue weighted by Crippen LogP contribution is 2.38. The lowest BCUT2D eigenvalue weighted by Gasteiger charge is -2.27. The van der Waals surface area contributed by atoms with Crippen molar-refractivity contribution in [2.45, 2.75) is 4.90 Å². The van der Waals surface area contributed by atoms with Crippen LogP contribution in [0.5, 0.6) is 0 Å². The van der Waals surface area contributed by atoms with E-state index in [0.29, 0.717) is 0 Å². The molecule has 1 N–H and O–H groups in total. The maximum Gasteiger partial charge on any atom is 0.159 e. The number of pyridine rings is 1. The number of thiol groups is 1. The second-order valence-corrected chi connectivity index (χ2v) is 7.42. The Hall–Kier alpha value is -1.92. The molecule has 122 valence electrons. The maximum atomic E-state index is 4.67. The molecule has 0 saturated carbocycles. The zero-order valence-corrected chi connectivity index (χ0v) is 14.9. The number of aromatic nitrogens is 3. The zero-order valence-electron chi connectivity index (χ0n) is 13.1. The zero-order chi connectivity index (χ0) is 16.4. The molecule has 1 aliphatic heterocycles. The molecule has 4 rings (SSSR count). The van der Waals surface area contributed by atoms with Gasteiger partial charge >= 0.3 is 0 Å². The average Bonchev–Trinajstić information content (AvgIpc) is 3.09. The molecule has 24 heavy (non-hydrogen) atoms. The lowest BCUT2D eigenvalue weighted by Crippen LogP contribution is -2.33. The number of hydrogen-bond donors (Lipinski definition) is 2. The first-order chi connectivity index (χ1) is 11.8. The maximum absolute atomic E-state index is 4.67. The van der Waals surface area contributed by atoms with E-state index in [9.17, 15) is 0 Å². The number of benzene rings is 1. The first-order valence-electron chi connectivity index (χ1n) is 7.94. The Morgan fingerprint density at radius 3 is 2.38 bits per heavy atom. The number of thioether (sulfide) groups is 1. The summed E-state index contributed by atoms with van der Waals surface area (Å²) in [6.45, 7) is 2.06. The van der Waals surface area contributed by atoms with Crippen molar-refractivity contribution in [1.82, 2.24) is 15.2 Å². The average molecular weight is 355 g/mol. The molecule has 0 radical (unpaired) electrons. The molecule has 1 saturated heterocycles.